The number of nitrogens with zero attached hydrogens (tertiary/aromatic N) is 2. The van der Waals surface area contributed by atoms with E-state index in [0.717, 1.165) is 11.3 Å². The van der Waals surface area contributed by atoms with Crippen molar-refractivity contribution in [1.82, 2.24) is 15.2 Å². The monoisotopic (exact) mass is 321 g/mol. The van der Waals surface area contributed by atoms with Crippen LogP contribution in [-0.4, -0.2) is 39.4 Å². The van der Waals surface area contributed by atoms with Gasteiger partial charge >= 0.3 is 0 Å². The molecule has 2 rings (SSSR count). The summed E-state index contributed by atoms with van der Waals surface area (Å²) in [5.41, 5.74) is 1.44. The van der Waals surface area contributed by atoms with Crippen molar-refractivity contribution >= 4 is 23.6 Å². The van der Waals surface area contributed by atoms with Gasteiger partial charge in [0.05, 0.1) is 5.88 Å². The van der Waals surface area contributed by atoms with E-state index in [0.29, 0.717) is 18.2 Å². The second-order valence-corrected chi connectivity index (χ2v) is 7.57. The minimum absolute atomic E-state index is 0.0228. The highest BCUT2D eigenvalue weighted by Gasteiger charge is 2.38. The molecule has 0 bridgehead atoms. The molecule has 1 aromatic rings. The van der Waals surface area contributed by atoms with Gasteiger partial charge in [-0.25, -0.2) is 0 Å². The molecule has 1 fully saturated rings. The van der Waals surface area contributed by atoms with Gasteiger partial charge in [0.2, 0.25) is 11.8 Å². The van der Waals surface area contributed by atoms with Crippen molar-refractivity contribution in [3.05, 3.63) is 29.6 Å². The van der Waals surface area contributed by atoms with Crippen molar-refractivity contribution in [2.24, 2.45) is 5.41 Å². The predicted molar refractivity (Wildman–Crippen MR) is 88.2 cm³/mol. The number of nitrogens with one attached hydrogen (secondary N) is 1. The summed E-state index contributed by atoms with van der Waals surface area (Å²) in [6.45, 7) is 8.00. The molecular formula is C16H23N3O2S. The molecule has 2 heterocycles. The third-order valence-electron chi connectivity index (χ3n) is 3.53. The number of rotatable bonds is 3. The van der Waals surface area contributed by atoms with Crippen molar-refractivity contribution in [2.75, 3.05) is 11.6 Å². The summed E-state index contributed by atoms with van der Waals surface area (Å²) in [5, 5.41) is 2.91. The molecule has 0 unspecified atom stereocenters. The summed E-state index contributed by atoms with van der Waals surface area (Å²) in [6.07, 6.45) is 1.76. The van der Waals surface area contributed by atoms with Crippen LogP contribution in [0, 0.1) is 12.3 Å². The van der Waals surface area contributed by atoms with E-state index in [1.807, 2.05) is 39.8 Å². The Morgan fingerprint density at radius 3 is 2.73 bits per heavy atom. The van der Waals surface area contributed by atoms with Gasteiger partial charge < -0.3 is 10.2 Å². The summed E-state index contributed by atoms with van der Waals surface area (Å²) in [5.74, 6) is 1.16. The Kier molecular flexibility index (Phi) is 5.11. The van der Waals surface area contributed by atoms with Crippen LogP contribution in [0.2, 0.25) is 0 Å². The number of hydrogen-bond donors (Lipinski definition) is 1. The van der Waals surface area contributed by atoms with Crippen LogP contribution in [0.25, 0.3) is 0 Å². The predicted octanol–water partition coefficient (Wildman–Crippen LogP) is 1.95. The minimum Gasteiger partial charge on any atom is -0.350 e. The van der Waals surface area contributed by atoms with Crippen molar-refractivity contribution in [1.29, 1.82) is 0 Å². The largest absolute Gasteiger partial charge is 0.350 e. The summed E-state index contributed by atoms with van der Waals surface area (Å²) >= 11 is 1.62. The molecule has 22 heavy (non-hydrogen) atoms. The second kappa shape index (κ2) is 6.69. The third kappa shape index (κ3) is 4.00. The Morgan fingerprint density at radius 2 is 2.14 bits per heavy atom. The Balaban J connectivity index is 1.96. The number of thioether (sulfide) groups is 1. The summed E-state index contributed by atoms with van der Waals surface area (Å²) in [4.78, 5) is 30.7. The fourth-order valence-corrected chi connectivity index (χ4v) is 3.35. The highest BCUT2D eigenvalue weighted by atomic mass is 32.2. The van der Waals surface area contributed by atoms with E-state index in [-0.39, 0.29) is 17.9 Å². The first-order valence-electron chi connectivity index (χ1n) is 7.37. The van der Waals surface area contributed by atoms with E-state index in [1.165, 1.54) is 0 Å². The van der Waals surface area contributed by atoms with Crippen LogP contribution < -0.4 is 5.32 Å². The standard InChI is InChI=1S/C16H23N3O2S/c1-11-5-6-12(7-17-11)8-18-14(20)13-9-22-10-19(13)15(21)16(2,3)4/h5-7,13H,8-10H2,1-4H3,(H,18,20)/t13-/m0/s1. The normalized spacial score (nSPS) is 18.4. The molecule has 0 radical (unpaired) electrons. The zero-order valence-electron chi connectivity index (χ0n) is 13.5. The number of amides is 2. The van der Waals surface area contributed by atoms with Gasteiger partial charge in [-0.15, -0.1) is 11.8 Å². The number of aryl methyl sites for hydroxylation is 1. The van der Waals surface area contributed by atoms with Crippen LogP contribution in [-0.2, 0) is 16.1 Å². The maximum absolute atomic E-state index is 12.4. The van der Waals surface area contributed by atoms with Crippen LogP contribution in [0.4, 0.5) is 0 Å². The molecule has 0 aromatic carbocycles. The molecule has 0 saturated carbocycles. The molecule has 1 N–H and O–H groups in total. The quantitative estimate of drug-likeness (QED) is 0.924. The van der Waals surface area contributed by atoms with E-state index in [1.54, 1.807) is 22.9 Å². The first-order valence-corrected chi connectivity index (χ1v) is 8.52. The number of carbonyl (C=O) groups is 2. The van der Waals surface area contributed by atoms with Crippen LogP contribution in [0.15, 0.2) is 18.3 Å². The molecule has 0 spiro atoms. The fourth-order valence-electron chi connectivity index (χ4n) is 2.20. The Morgan fingerprint density at radius 1 is 1.41 bits per heavy atom. The van der Waals surface area contributed by atoms with Gasteiger partial charge in [0.15, 0.2) is 0 Å². The summed E-state index contributed by atoms with van der Waals surface area (Å²) < 4.78 is 0. The smallest absolute Gasteiger partial charge is 0.243 e. The van der Waals surface area contributed by atoms with E-state index in [9.17, 15) is 9.59 Å². The average molecular weight is 321 g/mol. The van der Waals surface area contributed by atoms with E-state index in [4.69, 9.17) is 0 Å². The van der Waals surface area contributed by atoms with Crippen LogP contribution >= 0.6 is 11.8 Å². The molecule has 6 heteroatoms. The Labute approximate surface area is 135 Å². The highest BCUT2D eigenvalue weighted by Crippen LogP contribution is 2.27. The zero-order valence-corrected chi connectivity index (χ0v) is 14.4. The van der Waals surface area contributed by atoms with Crippen LogP contribution in [0.3, 0.4) is 0 Å². The molecule has 5 nitrogen and oxygen atoms in total. The lowest BCUT2D eigenvalue weighted by atomic mass is 9.94. The molecule has 1 aliphatic rings. The van der Waals surface area contributed by atoms with Crippen LogP contribution in [0.1, 0.15) is 32.0 Å². The molecule has 2 amide bonds. The second-order valence-electron chi connectivity index (χ2n) is 6.57. The number of aromatic nitrogens is 1. The minimum atomic E-state index is -0.468. The first-order chi connectivity index (χ1) is 10.3. The molecule has 1 atom stereocenters. The molecule has 0 aliphatic carbocycles. The highest BCUT2D eigenvalue weighted by molar-refractivity contribution is 7.99. The van der Waals surface area contributed by atoms with E-state index in [2.05, 4.69) is 10.3 Å². The lowest BCUT2D eigenvalue weighted by Gasteiger charge is -2.29. The Hall–Kier alpha value is -1.56. The van der Waals surface area contributed by atoms with Crippen molar-refractivity contribution < 1.29 is 9.59 Å². The SMILES string of the molecule is Cc1ccc(CNC(=O)[C@@H]2CSCN2C(=O)C(C)(C)C)cn1. The van der Waals surface area contributed by atoms with Gasteiger partial charge in [0.1, 0.15) is 6.04 Å². The van der Waals surface area contributed by atoms with Gasteiger partial charge in [0, 0.05) is 29.6 Å². The fraction of sp³-hybridized carbons (Fsp3) is 0.562. The zero-order chi connectivity index (χ0) is 16.3. The average Bonchev–Trinajstić information content (AvgIpc) is 2.93. The van der Waals surface area contributed by atoms with Crippen LogP contribution in [0.5, 0.6) is 0 Å². The molecule has 1 aromatic heterocycles. The Bertz CT molecular complexity index is 552. The maximum atomic E-state index is 12.4. The molecule has 1 saturated heterocycles. The first kappa shape index (κ1) is 16.8. The third-order valence-corrected chi connectivity index (χ3v) is 4.54. The number of carbonyl (C=O) groups excluding carboxylic acids is 2. The van der Waals surface area contributed by atoms with E-state index >= 15 is 0 Å². The molecule has 1 aliphatic heterocycles. The lowest BCUT2D eigenvalue weighted by molar-refractivity contribution is -0.144. The topological polar surface area (TPSA) is 62.3 Å². The molecular weight excluding hydrogens is 298 g/mol. The van der Waals surface area contributed by atoms with Gasteiger partial charge in [0.25, 0.3) is 0 Å². The summed E-state index contributed by atoms with van der Waals surface area (Å²) in [6, 6.07) is 3.49. The lowest BCUT2D eigenvalue weighted by Crippen LogP contribution is -2.50. The van der Waals surface area contributed by atoms with Gasteiger partial charge in [-0.2, -0.15) is 0 Å². The molecule has 120 valence electrons. The van der Waals surface area contributed by atoms with Crippen molar-refractivity contribution in [3.8, 4) is 0 Å². The number of pyridine rings is 1. The van der Waals surface area contributed by atoms with Crippen molar-refractivity contribution in [2.45, 2.75) is 40.3 Å². The van der Waals surface area contributed by atoms with E-state index < -0.39 is 5.41 Å². The maximum Gasteiger partial charge on any atom is 0.243 e. The number of hydrogen-bond acceptors (Lipinski definition) is 4. The van der Waals surface area contributed by atoms with Gasteiger partial charge in [-0.1, -0.05) is 26.8 Å². The van der Waals surface area contributed by atoms with Crippen molar-refractivity contribution in [3.63, 3.8) is 0 Å². The summed E-state index contributed by atoms with van der Waals surface area (Å²) in [7, 11) is 0. The van der Waals surface area contributed by atoms with Gasteiger partial charge in [-0.3, -0.25) is 14.6 Å². The van der Waals surface area contributed by atoms with Gasteiger partial charge in [-0.05, 0) is 18.6 Å².